The Morgan fingerprint density at radius 3 is 2.50 bits per heavy atom. The predicted molar refractivity (Wildman–Crippen MR) is 75.3 cm³/mol. The number of nitrogens with one attached hydrogen (secondary N) is 1. The van der Waals surface area contributed by atoms with Crippen molar-refractivity contribution in [1.29, 1.82) is 0 Å². The predicted octanol–water partition coefficient (Wildman–Crippen LogP) is 3.14. The van der Waals surface area contributed by atoms with Gasteiger partial charge in [-0.15, -0.1) is 0 Å². The zero-order valence-corrected chi connectivity index (χ0v) is 12.2. The summed E-state index contributed by atoms with van der Waals surface area (Å²) in [5, 5.41) is 3.65. The van der Waals surface area contributed by atoms with Gasteiger partial charge in [0.1, 0.15) is 0 Å². The molecule has 0 amide bonds. The third kappa shape index (κ3) is 3.14. The molecule has 1 aromatic rings. The molecule has 3 unspecified atom stereocenters. The van der Waals surface area contributed by atoms with E-state index < -0.39 is 0 Å². The van der Waals surface area contributed by atoms with E-state index in [-0.39, 0.29) is 0 Å². The Hall–Kier alpha value is -0.830. The zero-order chi connectivity index (χ0) is 13.1. The van der Waals surface area contributed by atoms with Gasteiger partial charge in [-0.2, -0.15) is 0 Å². The first kappa shape index (κ1) is 13.6. The molecular weight excluding hydrogens is 222 g/mol. The fourth-order valence-electron chi connectivity index (χ4n) is 3.61. The summed E-state index contributed by atoms with van der Waals surface area (Å²) in [6.07, 6.45) is 8.13. The molecule has 2 rings (SSSR count). The molecule has 1 aliphatic rings. The van der Waals surface area contributed by atoms with E-state index in [1.165, 1.54) is 25.0 Å². The lowest BCUT2D eigenvalue weighted by molar-refractivity contribution is 0.176. The Labute approximate surface area is 111 Å². The number of hydrogen-bond donors (Lipinski definition) is 1. The molecule has 0 spiro atoms. The molecule has 3 heteroatoms. The molecule has 0 aliphatic heterocycles. The maximum atomic E-state index is 4.56. The smallest absolute Gasteiger partial charge is 0.0947 e. The summed E-state index contributed by atoms with van der Waals surface area (Å²) in [5.74, 6) is 2.44. The van der Waals surface area contributed by atoms with Crippen molar-refractivity contribution in [2.45, 2.75) is 46.1 Å². The molecule has 3 nitrogen and oxygen atoms in total. The Balaban J connectivity index is 2.14. The summed E-state index contributed by atoms with van der Waals surface area (Å²) in [6, 6.07) is 0.432. The van der Waals surface area contributed by atoms with Crippen molar-refractivity contribution >= 4 is 0 Å². The number of aromatic nitrogens is 2. The van der Waals surface area contributed by atoms with Crippen molar-refractivity contribution in [3.8, 4) is 0 Å². The van der Waals surface area contributed by atoms with Crippen LogP contribution in [0, 0.1) is 17.8 Å². The van der Waals surface area contributed by atoms with Crippen LogP contribution in [0.4, 0.5) is 0 Å². The molecule has 1 aromatic heterocycles. The molecular formula is C15H27N3. The molecule has 1 fully saturated rings. The topological polar surface area (TPSA) is 29.9 Å². The Morgan fingerprint density at radius 1 is 1.33 bits per heavy atom. The number of aryl methyl sites for hydroxylation is 1. The second-order valence-electron chi connectivity index (χ2n) is 6.18. The Bertz CT molecular complexity index is 362. The molecule has 1 aliphatic carbocycles. The molecule has 1 saturated carbocycles. The first-order valence-electron chi connectivity index (χ1n) is 7.31. The van der Waals surface area contributed by atoms with E-state index in [4.69, 9.17) is 0 Å². The molecule has 0 radical (unpaired) electrons. The minimum Gasteiger partial charge on any atom is -0.340 e. The van der Waals surface area contributed by atoms with Crippen LogP contribution < -0.4 is 5.32 Å². The van der Waals surface area contributed by atoms with Crippen molar-refractivity contribution in [3.63, 3.8) is 0 Å². The lowest BCUT2D eigenvalue weighted by Crippen LogP contribution is -2.33. The van der Waals surface area contributed by atoms with Gasteiger partial charge < -0.3 is 9.88 Å². The van der Waals surface area contributed by atoms with Gasteiger partial charge in [0.25, 0.3) is 0 Å². The second kappa shape index (κ2) is 5.87. The van der Waals surface area contributed by atoms with Crippen molar-refractivity contribution in [1.82, 2.24) is 14.9 Å². The highest BCUT2D eigenvalue weighted by molar-refractivity contribution is 5.06. The molecule has 18 heavy (non-hydrogen) atoms. The highest BCUT2D eigenvalue weighted by Crippen LogP contribution is 2.39. The van der Waals surface area contributed by atoms with E-state index >= 15 is 0 Å². The average Bonchev–Trinajstić information content (AvgIpc) is 2.71. The van der Waals surface area contributed by atoms with Crippen molar-refractivity contribution in [2.75, 3.05) is 6.54 Å². The quantitative estimate of drug-likeness (QED) is 0.888. The fourth-order valence-corrected chi connectivity index (χ4v) is 3.61. The van der Waals surface area contributed by atoms with E-state index in [0.717, 1.165) is 24.3 Å². The third-order valence-corrected chi connectivity index (χ3v) is 4.15. The van der Waals surface area contributed by atoms with Gasteiger partial charge in [-0.1, -0.05) is 20.8 Å². The monoisotopic (exact) mass is 249 g/mol. The number of hydrogen-bond acceptors (Lipinski definition) is 2. The van der Waals surface area contributed by atoms with Crippen LogP contribution in [0.25, 0.3) is 0 Å². The van der Waals surface area contributed by atoms with E-state index in [1.54, 1.807) is 0 Å². The number of rotatable bonds is 4. The lowest BCUT2D eigenvalue weighted by atomic mass is 9.73. The van der Waals surface area contributed by atoms with Crippen LogP contribution >= 0.6 is 0 Å². The van der Waals surface area contributed by atoms with Gasteiger partial charge >= 0.3 is 0 Å². The normalized spacial score (nSPS) is 30.3. The molecule has 1 N–H and O–H groups in total. The standard InChI is InChI=1S/C15H27N3/c1-5-16-15(14-9-18(4)10-17-14)13-7-11(2)6-12(3)8-13/h9-13,15-16H,5-8H2,1-4H3. The summed E-state index contributed by atoms with van der Waals surface area (Å²) in [7, 11) is 2.05. The molecule has 102 valence electrons. The molecule has 0 bridgehead atoms. The number of nitrogens with zero attached hydrogens (tertiary/aromatic N) is 2. The SMILES string of the molecule is CCNC(c1cn(C)cn1)C1CC(C)CC(C)C1. The minimum atomic E-state index is 0.432. The summed E-state index contributed by atoms with van der Waals surface area (Å²) >= 11 is 0. The highest BCUT2D eigenvalue weighted by Gasteiger charge is 2.31. The molecule has 0 aromatic carbocycles. The summed E-state index contributed by atoms with van der Waals surface area (Å²) in [6.45, 7) is 7.99. The van der Waals surface area contributed by atoms with Crippen LogP contribution in [0.1, 0.15) is 51.8 Å². The second-order valence-corrected chi connectivity index (χ2v) is 6.18. The maximum Gasteiger partial charge on any atom is 0.0947 e. The average molecular weight is 249 g/mol. The lowest BCUT2D eigenvalue weighted by Gasteiger charge is -2.36. The largest absolute Gasteiger partial charge is 0.340 e. The van der Waals surface area contributed by atoms with Gasteiger partial charge in [-0.3, -0.25) is 0 Å². The van der Waals surface area contributed by atoms with Gasteiger partial charge in [-0.25, -0.2) is 4.98 Å². The highest BCUT2D eigenvalue weighted by atomic mass is 15.0. The van der Waals surface area contributed by atoms with E-state index in [0.29, 0.717) is 6.04 Å². The van der Waals surface area contributed by atoms with Crippen molar-refractivity contribution in [2.24, 2.45) is 24.8 Å². The van der Waals surface area contributed by atoms with Gasteiger partial charge in [-0.05, 0) is 43.6 Å². The first-order valence-corrected chi connectivity index (χ1v) is 7.31. The Morgan fingerprint density at radius 2 is 2.00 bits per heavy atom. The zero-order valence-electron chi connectivity index (χ0n) is 12.2. The van der Waals surface area contributed by atoms with Crippen LogP contribution in [0.3, 0.4) is 0 Å². The van der Waals surface area contributed by atoms with Gasteiger partial charge in [0.2, 0.25) is 0 Å². The fraction of sp³-hybridized carbons (Fsp3) is 0.800. The first-order chi connectivity index (χ1) is 8.60. The van der Waals surface area contributed by atoms with Crippen LogP contribution in [0.5, 0.6) is 0 Å². The Kier molecular flexibility index (Phi) is 4.44. The minimum absolute atomic E-state index is 0.432. The van der Waals surface area contributed by atoms with Crippen LogP contribution in [0.2, 0.25) is 0 Å². The van der Waals surface area contributed by atoms with Crippen molar-refractivity contribution in [3.05, 3.63) is 18.2 Å². The molecule has 0 saturated heterocycles. The van der Waals surface area contributed by atoms with Gasteiger partial charge in [0, 0.05) is 13.2 Å². The van der Waals surface area contributed by atoms with Gasteiger partial charge in [0.05, 0.1) is 18.1 Å². The van der Waals surface area contributed by atoms with Crippen LogP contribution in [-0.4, -0.2) is 16.1 Å². The number of imidazole rings is 1. The summed E-state index contributed by atoms with van der Waals surface area (Å²) < 4.78 is 2.05. The van der Waals surface area contributed by atoms with Gasteiger partial charge in [0.15, 0.2) is 0 Å². The maximum absolute atomic E-state index is 4.56. The van der Waals surface area contributed by atoms with Crippen molar-refractivity contribution < 1.29 is 0 Å². The van der Waals surface area contributed by atoms with E-state index in [1.807, 2.05) is 13.4 Å². The molecule has 1 heterocycles. The van der Waals surface area contributed by atoms with Crippen LogP contribution in [-0.2, 0) is 7.05 Å². The van der Waals surface area contributed by atoms with E-state index in [9.17, 15) is 0 Å². The van der Waals surface area contributed by atoms with E-state index in [2.05, 4.69) is 41.8 Å². The molecule has 3 atom stereocenters. The third-order valence-electron chi connectivity index (χ3n) is 4.15. The van der Waals surface area contributed by atoms with Crippen LogP contribution in [0.15, 0.2) is 12.5 Å². The summed E-state index contributed by atoms with van der Waals surface area (Å²) in [5.41, 5.74) is 1.21. The summed E-state index contributed by atoms with van der Waals surface area (Å²) in [4.78, 5) is 4.56.